The van der Waals surface area contributed by atoms with Crippen LogP contribution in [0.15, 0.2) is 12.4 Å². The predicted molar refractivity (Wildman–Crippen MR) is 96.2 cm³/mol. The van der Waals surface area contributed by atoms with Crippen molar-refractivity contribution in [3.05, 3.63) is 12.4 Å². The van der Waals surface area contributed by atoms with Crippen LogP contribution in [0.1, 0.15) is 19.3 Å². The first-order chi connectivity index (χ1) is 12.2. The highest BCUT2D eigenvalue weighted by Gasteiger charge is 2.50. The Labute approximate surface area is 152 Å². The molecular weight excluding hydrogens is 340 g/mol. The summed E-state index contributed by atoms with van der Waals surface area (Å²) in [5.74, 6) is 2.61. The highest BCUT2D eigenvalue weighted by Crippen LogP contribution is 2.47. The van der Waals surface area contributed by atoms with Crippen LogP contribution in [0.3, 0.4) is 0 Å². The van der Waals surface area contributed by atoms with Crippen LogP contribution >= 0.6 is 11.8 Å². The molecule has 1 aromatic heterocycles. The van der Waals surface area contributed by atoms with Crippen molar-refractivity contribution in [2.45, 2.75) is 30.1 Å². The molecule has 0 radical (unpaired) electrons. The zero-order chi connectivity index (χ0) is 17.3. The molecule has 0 aliphatic carbocycles. The van der Waals surface area contributed by atoms with Crippen LogP contribution in [-0.4, -0.2) is 77.3 Å². The van der Waals surface area contributed by atoms with Gasteiger partial charge < -0.3 is 19.3 Å². The van der Waals surface area contributed by atoms with Gasteiger partial charge >= 0.3 is 0 Å². The van der Waals surface area contributed by atoms with E-state index in [0.717, 1.165) is 57.0 Å². The summed E-state index contributed by atoms with van der Waals surface area (Å²) >= 11 is 1.97. The number of anilines is 1. The molecule has 4 heterocycles. The first-order valence-corrected chi connectivity index (χ1v) is 9.80. The number of hydrogen-bond acceptors (Lipinski definition) is 7. The Morgan fingerprint density at radius 1 is 1.36 bits per heavy atom. The highest BCUT2D eigenvalue weighted by molar-refractivity contribution is 8.01. The van der Waals surface area contributed by atoms with Crippen molar-refractivity contribution in [2.75, 3.05) is 50.5 Å². The number of carbonyl (C=O) groups excluding carboxylic acids is 1. The van der Waals surface area contributed by atoms with E-state index in [-0.39, 0.29) is 23.4 Å². The number of methoxy groups -OCH3 is 1. The molecule has 1 aromatic rings. The zero-order valence-corrected chi connectivity index (χ0v) is 15.3. The maximum absolute atomic E-state index is 12.1. The number of nitrogens with zero attached hydrogens (tertiary/aromatic N) is 4. The van der Waals surface area contributed by atoms with Crippen LogP contribution in [0.25, 0.3) is 0 Å². The van der Waals surface area contributed by atoms with Gasteiger partial charge in [-0.1, -0.05) is 0 Å². The van der Waals surface area contributed by atoms with Crippen LogP contribution in [0.5, 0.6) is 5.88 Å². The molecular formula is C17H24N4O3S. The topological polar surface area (TPSA) is 67.8 Å². The van der Waals surface area contributed by atoms with Gasteiger partial charge in [-0.15, -0.1) is 11.8 Å². The molecule has 1 amide bonds. The van der Waals surface area contributed by atoms with Crippen LogP contribution < -0.4 is 9.64 Å². The van der Waals surface area contributed by atoms with Gasteiger partial charge in [-0.2, -0.15) is 0 Å². The average molecular weight is 364 g/mol. The van der Waals surface area contributed by atoms with Crippen LogP contribution in [0.4, 0.5) is 5.82 Å². The van der Waals surface area contributed by atoms with Gasteiger partial charge in [0, 0.05) is 38.0 Å². The smallest absolute Gasteiger partial charge is 0.248 e. The summed E-state index contributed by atoms with van der Waals surface area (Å²) in [6.45, 7) is 3.93. The van der Waals surface area contributed by atoms with Crippen molar-refractivity contribution in [1.82, 2.24) is 14.9 Å². The summed E-state index contributed by atoms with van der Waals surface area (Å²) in [6, 6.07) is 1.87. The Balaban J connectivity index is 1.25. The van der Waals surface area contributed by atoms with E-state index in [1.807, 2.05) is 22.7 Å². The summed E-state index contributed by atoms with van der Waals surface area (Å²) in [7, 11) is 1.61. The fraction of sp³-hybridized carbons (Fsp3) is 0.706. The summed E-state index contributed by atoms with van der Waals surface area (Å²) < 4.78 is 11.3. The van der Waals surface area contributed by atoms with Crippen molar-refractivity contribution < 1.29 is 14.3 Å². The fourth-order valence-corrected chi connectivity index (χ4v) is 5.35. The minimum atomic E-state index is 0.145. The van der Waals surface area contributed by atoms with Gasteiger partial charge in [-0.3, -0.25) is 4.79 Å². The molecule has 25 heavy (non-hydrogen) atoms. The average Bonchev–Trinajstić information content (AvgIpc) is 3.28. The zero-order valence-electron chi connectivity index (χ0n) is 14.5. The first-order valence-electron chi connectivity index (χ1n) is 8.82. The Morgan fingerprint density at radius 2 is 2.16 bits per heavy atom. The number of aromatic nitrogens is 2. The number of ether oxygens (including phenoxy) is 2. The highest BCUT2D eigenvalue weighted by atomic mass is 32.2. The number of rotatable bonds is 5. The lowest BCUT2D eigenvalue weighted by Gasteiger charge is -2.48. The van der Waals surface area contributed by atoms with Crippen LogP contribution in [0.2, 0.25) is 0 Å². The quantitative estimate of drug-likeness (QED) is 0.777. The molecule has 0 N–H and O–H groups in total. The Kier molecular flexibility index (Phi) is 4.73. The fourth-order valence-electron chi connectivity index (χ4n) is 3.80. The number of carbonyl (C=O) groups is 1. The number of likely N-dealkylation sites (tertiary alicyclic amines) is 1. The second-order valence-electron chi connectivity index (χ2n) is 6.99. The van der Waals surface area contributed by atoms with Crippen molar-refractivity contribution in [1.29, 1.82) is 0 Å². The van der Waals surface area contributed by atoms with E-state index in [1.165, 1.54) is 6.33 Å². The SMILES string of the molecule is COc1cc(N2CC3(CC(OCC(=O)N4CCCC4)CS3)C2)ncn1. The second kappa shape index (κ2) is 6.99. The molecule has 7 nitrogen and oxygen atoms in total. The molecule has 1 spiro atoms. The van der Waals surface area contributed by atoms with Gasteiger partial charge in [0.1, 0.15) is 18.8 Å². The van der Waals surface area contributed by atoms with Crippen LogP contribution in [0, 0.1) is 0 Å². The molecule has 136 valence electrons. The summed E-state index contributed by atoms with van der Waals surface area (Å²) in [4.78, 5) is 24.7. The van der Waals surface area contributed by atoms with E-state index in [1.54, 1.807) is 7.11 Å². The van der Waals surface area contributed by atoms with E-state index >= 15 is 0 Å². The van der Waals surface area contributed by atoms with E-state index in [0.29, 0.717) is 5.88 Å². The Morgan fingerprint density at radius 3 is 2.92 bits per heavy atom. The predicted octanol–water partition coefficient (Wildman–Crippen LogP) is 1.19. The molecule has 4 rings (SSSR count). The molecule has 8 heteroatoms. The second-order valence-corrected chi connectivity index (χ2v) is 8.48. The summed E-state index contributed by atoms with van der Waals surface area (Å²) in [6.07, 6.45) is 4.97. The van der Waals surface area contributed by atoms with Crippen LogP contribution in [-0.2, 0) is 9.53 Å². The van der Waals surface area contributed by atoms with E-state index in [9.17, 15) is 4.79 Å². The molecule has 0 bridgehead atoms. The molecule has 0 saturated carbocycles. The normalized spacial score (nSPS) is 24.6. The maximum Gasteiger partial charge on any atom is 0.248 e. The lowest BCUT2D eigenvalue weighted by atomic mass is 9.93. The summed E-state index contributed by atoms with van der Waals surface area (Å²) in [5, 5.41) is 0. The van der Waals surface area contributed by atoms with E-state index in [4.69, 9.17) is 9.47 Å². The molecule has 1 unspecified atom stereocenters. The van der Waals surface area contributed by atoms with Crippen molar-refractivity contribution in [2.24, 2.45) is 0 Å². The lowest BCUT2D eigenvalue weighted by Crippen LogP contribution is -2.59. The van der Waals surface area contributed by atoms with Gasteiger partial charge in [0.05, 0.1) is 18.0 Å². The molecule has 0 aromatic carbocycles. The third kappa shape index (κ3) is 3.55. The minimum Gasteiger partial charge on any atom is -0.481 e. The van der Waals surface area contributed by atoms with Gasteiger partial charge in [-0.05, 0) is 19.3 Å². The maximum atomic E-state index is 12.1. The van der Waals surface area contributed by atoms with E-state index in [2.05, 4.69) is 14.9 Å². The number of hydrogen-bond donors (Lipinski definition) is 0. The third-order valence-corrected chi connectivity index (χ3v) is 6.77. The standard InChI is InChI=1S/C17H24N4O3S/c1-23-15-6-14(18-12-19-15)21-10-17(11-21)7-13(9-25-17)24-8-16(22)20-4-2-3-5-20/h6,12-13H,2-5,7-11H2,1H3. The van der Waals surface area contributed by atoms with E-state index < -0.39 is 0 Å². The van der Waals surface area contributed by atoms with Crippen molar-refractivity contribution in [3.63, 3.8) is 0 Å². The summed E-state index contributed by atoms with van der Waals surface area (Å²) in [5.41, 5.74) is 0. The lowest BCUT2D eigenvalue weighted by molar-refractivity contribution is -0.136. The Hall–Kier alpha value is -1.54. The molecule has 3 aliphatic rings. The van der Waals surface area contributed by atoms with Gasteiger partial charge in [0.15, 0.2) is 0 Å². The monoisotopic (exact) mass is 364 g/mol. The Bertz CT molecular complexity index is 632. The van der Waals surface area contributed by atoms with Gasteiger partial charge in [-0.25, -0.2) is 9.97 Å². The minimum absolute atomic E-state index is 0.145. The molecule has 3 aliphatic heterocycles. The van der Waals surface area contributed by atoms with Crippen molar-refractivity contribution >= 4 is 23.5 Å². The van der Waals surface area contributed by atoms with Gasteiger partial charge in [0.2, 0.25) is 11.8 Å². The largest absolute Gasteiger partial charge is 0.481 e. The molecule has 3 fully saturated rings. The molecule has 3 saturated heterocycles. The van der Waals surface area contributed by atoms with Gasteiger partial charge in [0.25, 0.3) is 0 Å². The molecule has 1 atom stereocenters. The third-order valence-electron chi connectivity index (χ3n) is 5.20. The number of thioether (sulfide) groups is 1. The number of amides is 1. The first kappa shape index (κ1) is 16.9. The van der Waals surface area contributed by atoms with Crippen molar-refractivity contribution in [3.8, 4) is 5.88 Å².